The summed E-state index contributed by atoms with van der Waals surface area (Å²) in [6.45, 7) is 1.24. The van der Waals surface area contributed by atoms with E-state index < -0.39 is 0 Å². The van der Waals surface area contributed by atoms with E-state index in [1.807, 2.05) is 24.3 Å². The molecule has 1 N–H and O–H groups in total. The van der Waals surface area contributed by atoms with Crippen molar-refractivity contribution in [2.45, 2.75) is 36.1 Å². The Hall–Kier alpha value is -1.31. The summed E-state index contributed by atoms with van der Waals surface area (Å²) in [6, 6.07) is 8.56. The van der Waals surface area contributed by atoms with Crippen molar-refractivity contribution < 1.29 is 4.74 Å². The van der Waals surface area contributed by atoms with E-state index in [0.717, 1.165) is 32.7 Å². The van der Waals surface area contributed by atoms with Crippen LogP contribution >= 0.6 is 23.1 Å². The molecule has 7 heteroatoms. The van der Waals surface area contributed by atoms with Crippen LogP contribution in [0.1, 0.15) is 25.7 Å². The Morgan fingerprint density at radius 2 is 2.21 bits per heavy atom. The number of nitrogens with one attached hydrogen (secondary N) is 1. The molecule has 1 unspecified atom stereocenters. The number of aromatic nitrogens is 2. The van der Waals surface area contributed by atoms with E-state index in [0.29, 0.717) is 0 Å². The Bertz CT molecular complexity index is 649. The summed E-state index contributed by atoms with van der Waals surface area (Å²) in [5.41, 5.74) is 0.913. The van der Waals surface area contributed by atoms with Gasteiger partial charge in [0.15, 0.2) is 4.34 Å². The lowest BCUT2D eigenvalue weighted by molar-refractivity contribution is 0.182. The highest BCUT2D eigenvalue weighted by molar-refractivity contribution is 8.01. The van der Waals surface area contributed by atoms with Crippen LogP contribution in [0, 0.1) is 0 Å². The Morgan fingerprint density at radius 3 is 3.04 bits per heavy atom. The lowest BCUT2D eigenvalue weighted by atomic mass is 10.0. The van der Waals surface area contributed by atoms with Gasteiger partial charge in [-0.1, -0.05) is 41.7 Å². The van der Waals surface area contributed by atoms with E-state index in [4.69, 9.17) is 4.74 Å². The number of methoxy groups -OCH3 is 1. The lowest BCUT2D eigenvalue weighted by Gasteiger charge is -2.32. The summed E-state index contributed by atoms with van der Waals surface area (Å²) < 4.78 is 6.37. The predicted octanol–water partition coefficient (Wildman–Crippen LogP) is 4.26. The van der Waals surface area contributed by atoms with Gasteiger partial charge in [-0.2, -0.15) is 0 Å². The topological polar surface area (TPSA) is 50.3 Å². The molecule has 0 amide bonds. The second-order valence-electron chi connectivity index (χ2n) is 5.97. The molecule has 1 atom stereocenters. The number of piperidine rings is 1. The molecule has 1 aromatic carbocycles. The van der Waals surface area contributed by atoms with Crippen LogP contribution in [-0.4, -0.2) is 47.6 Å². The van der Waals surface area contributed by atoms with Crippen molar-refractivity contribution in [1.82, 2.24) is 15.1 Å². The van der Waals surface area contributed by atoms with Gasteiger partial charge >= 0.3 is 0 Å². The summed E-state index contributed by atoms with van der Waals surface area (Å²) in [7, 11) is 3.92. The molecule has 0 saturated carbocycles. The third-order valence-corrected chi connectivity index (χ3v) is 6.36. The fraction of sp³-hybridized carbons (Fsp3) is 0.529. The van der Waals surface area contributed by atoms with Crippen molar-refractivity contribution in [3.8, 4) is 5.75 Å². The fourth-order valence-corrected chi connectivity index (χ4v) is 4.85. The number of hydrogen-bond donors (Lipinski definition) is 1. The van der Waals surface area contributed by atoms with Gasteiger partial charge in [-0.25, -0.2) is 0 Å². The molecule has 1 saturated heterocycles. The SMILES string of the molecule is COc1ccccc1Nc1nnc(SCCC2CCCCN2C)s1. The third-order valence-electron chi connectivity index (χ3n) is 4.35. The van der Waals surface area contributed by atoms with Crippen LogP contribution < -0.4 is 10.1 Å². The van der Waals surface area contributed by atoms with E-state index in [1.165, 1.54) is 32.2 Å². The van der Waals surface area contributed by atoms with Gasteiger partial charge in [0.1, 0.15) is 5.75 Å². The summed E-state index contributed by atoms with van der Waals surface area (Å²) in [4.78, 5) is 2.50. The van der Waals surface area contributed by atoms with Crippen molar-refractivity contribution in [3.63, 3.8) is 0 Å². The number of benzene rings is 1. The molecular formula is C17H24N4OS2. The first kappa shape index (κ1) is 17.5. The molecule has 0 aliphatic carbocycles. The Balaban J connectivity index is 1.50. The van der Waals surface area contributed by atoms with E-state index in [1.54, 1.807) is 30.2 Å². The van der Waals surface area contributed by atoms with E-state index in [-0.39, 0.29) is 0 Å². The molecule has 1 aliphatic rings. The molecule has 0 radical (unpaired) electrons. The number of para-hydroxylation sites is 2. The first-order valence-electron chi connectivity index (χ1n) is 8.33. The molecule has 24 heavy (non-hydrogen) atoms. The number of hydrogen-bond acceptors (Lipinski definition) is 7. The quantitative estimate of drug-likeness (QED) is 0.741. The third kappa shape index (κ3) is 4.62. The zero-order valence-electron chi connectivity index (χ0n) is 14.2. The normalized spacial score (nSPS) is 18.5. The van der Waals surface area contributed by atoms with Gasteiger partial charge in [-0.3, -0.25) is 0 Å². The van der Waals surface area contributed by atoms with Crippen LogP contribution in [-0.2, 0) is 0 Å². The standard InChI is InChI=1S/C17H24N4OS2/c1-21-11-6-5-7-13(21)10-12-23-17-20-19-16(24-17)18-14-8-3-4-9-15(14)22-2/h3-4,8-9,13H,5-7,10-12H2,1-2H3,(H,18,19). The maximum absolute atomic E-state index is 5.35. The van der Waals surface area contributed by atoms with Crippen LogP contribution in [0.15, 0.2) is 28.6 Å². The number of likely N-dealkylation sites (tertiary alicyclic amines) is 1. The van der Waals surface area contributed by atoms with Crippen LogP contribution in [0.5, 0.6) is 5.75 Å². The summed E-state index contributed by atoms with van der Waals surface area (Å²) in [6.07, 6.45) is 5.25. The molecule has 5 nitrogen and oxygen atoms in total. The minimum absolute atomic E-state index is 0.727. The number of anilines is 2. The number of thioether (sulfide) groups is 1. The predicted molar refractivity (Wildman–Crippen MR) is 102 cm³/mol. The molecule has 2 aromatic rings. The lowest BCUT2D eigenvalue weighted by Crippen LogP contribution is -2.36. The first-order valence-corrected chi connectivity index (χ1v) is 10.1. The zero-order valence-corrected chi connectivity index (χ0v) is 15.8. The van der Waals surface area contributed by atoms with Crippen molar-refractivity contribution in [1.29, 1.82) is 0 Å². The van der Waals surface area contributed by atoms with Gasteiger partial charge in [0.2, 0.25) is 5.13 Å². The smallest absolute Gasteiger partial charge is 0.210 e. The second-order valence-corrected chi connectivity index (χ2v) is 8.29. The maximum Gasteiger partial charge on any atom is 0.210 e. The molecule has 1 aromatic heterocycles. The second kappa shape index (κ2) is 8.69. The molecular weight excluding hydrogens is 340 g/mol. The van der Waals surface area contributed by atoms with Crippen molar-refractivity contribution >= 4 is 33.9 Å². The Kier molecular flexibility index (Phi) is 6.34. The highest BCUT2D eigenvalue weighted by Gasteiger charge is 2.18. The summed E-state index contributed by atoms with van der Waals surface area (Å²) >= 11 is 3.40. The minimum atomic E-state index is 0.727. The number of rotatable bonds is 7. The molecule has 1 fully saturated rings. The monoisotopic (exact) mass is 364 g/mol. The van der Waals surface area contributed by atoms with Crippen LogP contribution in [0.4, 0.5) is 10.8 Å². The van der Waals surface area contributed by atoms with Gasteiger partial charge in [0.25, 0.3) is 0 Å². The average Bonchev–Trinajstić information content (AvgIpc) is 3.04. The highest BCUT2D eigenvalue weighted by atomic mass is 32.2. The molecule has 0 spiro atoms. The largest absolute Gasteiger partial charge is 0.495 e. The summed E-state index contributed by atoms with van der Waals surface area (Å²) in [5, 5.41) is 12.6. The Labute approximate surface area is 151 Å². The maximum atomic E-state index is 5.35. The summed E-state index contributed by atoms with van der Waals surface area (Å²) in [5.74, 6) is 1.90. The number of nitrogens with zero attached hydrogens (tertiary/aromatic N) is 3. The Morgan fingerprint density at radius 1 is 1.33 bits per heavy atom. The van der Waals surface area contributed by atoms with E-state index in [9.17, 15) is 0 Å². The fourth-order valence-electron chi connectivity index (χ4n) is 2.97. The van der Waals surface area contributed by atoms with Gasteiger partial charge in [0.05, 0.1) is 12.8 Å². The molecule has 3 rings (SSSR count). The van der Waals surface area contributed by atoms with Gasteiger partial charge in [-0.15, -0.1) is 10.2 Å². The van der Waals surface area contributed by atoms with E-state index >= 15 is 0 Å². The van der Waals surface area contributed by atoms with Crippen LogP contribution in [0.2, 0.25) is 0 Å². The number of ether oxygens (including phenoxy) is 1. The molecule has 1 aliphatic heterocycles. The zero-order chi connectivity index (χ0) is 16.8. The first-order chi connectivity index (χ1) is 11.8. The van der Waals surface area contributed by atoms with Gasteiger partial charge in [0, 0.05) is 11.8 Å². The van der Waals surface area contributed by atoms with Crippen molar-refractivity contribution in [2.75, 3.05) is 31.8 Å². The highest BCUT2D eigenvalue weighted by Crippen LogP contribution is 2.32. The van der Waals surface area contributed by atoms with Crippen molar-refractivity contribution in [2.24, 2.45) is 0 Å². The molecule has 2 heterocycles. The van der Waals surface area contributed by atoms with Gasteiger partial charge in [-0.05, 0) is 45.0 Å². The van der Waals surface area contributed by atoms with E-state index in [2.05, 4.69) is 27.5 Å². The minimum Gasteiger partial charge on any atom is -0.495 e. The van der Waals surface area contributed by atoms with Crippen LogP contribution in [0.3, 0.4) is 0 Å². The van der Waals surface area contributed by atoms with Crippen molar-refractivity contribution in [3.05, 3.63) is 24.3 Å². The van der Waals surface area contributed by atoms with Crippen LogP contribution in [0.25, 0.3) is 0 Å². The average molecular weight is 365 g/mol. The molecule has 0 bridgehead atoms. The molecule has 130 valence electrons. The van der Waals surface area contributed by atoms with Gasteiger partial charge < -0.3 is 15.0 Å².